The molecule has 1 amide bonds. The summed E-state index contributed by atoms with van der Waals surface area (Å²) in [6, 6.07) is 14.6. The van der Waals surface area contributed by atoms with Crippen LogP contribution in [0.2, 0.25) is 0 Å². The number of rotatable bonds is 6. The zero-order valence-electron chi connectivity index (χ0n) is 11.7. The maximum atomic E-state index is 12.2. The third kappa shape index (κ3) is 3.83. The van der Waals surface area contributed by atoms with Gasteiger partial charge in [-0.25, -0.2) is 0 Å². The minimum atomic E-state index is 0.106. The molecular formula is C17H20BrNO. The van der Waals surface area contributed by atoms with Crippen molar-refractivity contribution < 1.29 is 4.79 Å². The number of benzene rings is 2. The van der Waals surface area contributed by atoms with Crippen LogP contribution in [0, 0.1) is 0 Å². The van der Waals surface area contributed by atoms with Crippen LogP contribution in [0.25, 0.3) is 10.8 Å². The van der Waals surface area contributed by atoms with Crippen LogP contribution in [0.15, 0.2) is 42.5 Å². The number of fused-ring (bicyclic) bond motifs is 1. The second-order valence-corrected chi connectivity index (χ2v) is 5.76. The van der Waals surface area contributed by atoms with Gasteiger partial charge in [-0.05, 0) is 29.2 Å². The van der Waals surface area contributed by atoms with Crippen molar-refractivity contribution in [3.63, 3.8) is 0 Å². The van der Waals surface area contributed by atoms with E-state index < -0.39 is 0 Å². The standard InChI is InChI=1S/C17H20BrNO/c1-2-15(10-11-18)19-17(20)12-14-8-5-7-13-6-3-4-9-16(13)14/h3-9,15H,2,10-12H2,1H3,(H,19,20). The van der Waals surface area contributed by atoms with E-state index in [0.29, 0.717) is 6.42 Å². The third-order valence-corrected chi connectivity index (χ3v) is 4.00. The fourth-order valence-corrected chi connectivity index (χ4v) is 2.96. The predicted octanol–water partition coefficient (Wildman–Crippen LogP) is 4.06. The van der Waals surface area contributed by atoms with Gasteiger partial charge in [0.25, 0.3) is 0 Å². The number of nitrogens with one attached hydrogen (secondary N) is 1. The van der Waals surface area contributed by atoms with Crippen LogP contribution < -0.4 is 5.32 Å². The van der Waals surface area contributed by atoms with Crippen LogP contribution >= 0.6 is 15.9 Å². The van der Waals surface area contributed by atoms with Crippen LogP contribution in [0.1, 0.15) is 25.3 Å². The molecule has 2 aromatic carbocycles. The summed E-state index contributed by atoms with van der Waals surface area (Å²) < 4.78 is 0. The Morgan fingerprint density at radius 2 is 1.95 bits per heavy atom. The first kappa shape index (κ1) is 15.0. The van der Waals surface area contributed by atoms with Crippen LogP contribution in [0.5, 0.6) is 0 Å². The lowest BCUT2D eigenvalue weighted by molar-refractivity contribution is -0.121. The smallest absolute Gasteiger partial charge is 0.224 e. The number of hydrogen-bond acceptors (Lipinski definition) is 1. The second-order valence-electron chi connectivity index (χ2n) is 4.97. The van der Waals surface area contributed by atoms with Gasteiger partial charge in [0.05, 0.1) is 6.42 Å². The Kier molecular flexibility index (Phi) is 5.60. The Morgan fingerprint density at radius 1 is 1.20 bits per heavy atom. The summed E-state index contributed by atoms with van der Waals surface area (Å²) in [5.74, 6) is 0.106. The minimum absolute atomic E-state index is 0.106. The number of alkyl halides is 1. The first-order valence-electron chi connectivity index (χ1n) is 7.06. The van der Waals surface area contributed by atoms with E-state index in [1.54, 1.807) is 0 Å². The fourth-order valence-electron chi connectivity index (χ4n) is 2.41. The average Bonchev–Trinajstić information content (AvgIpc) is 2.47. The SMILES string of the molecule is CCC(CCBr)NC(=O)Cc1cccc2ccccc12. The van der Waals surface area contributed by atoms with Crippen LogP contribution in [0.3, 0.4) is 0 Å². The van der Waals surface area contributed by atoms with Gasteiger partial charge in [-0.3, -0.25) is 4.79 Å². The molecule has 0 bridgehead atoms. The molecule has 0 aliphatic carbocycles. The molecule has 0 aliphatic heterocycles. The van der Waals surface area contributed by atoms with Crippen molar-refractivity contribution in [1.82, 2.24) is 5.32 Å². The zero-order chi connectivity index (χ0) is 14.4. The lowest BCUT2D eigenvalue weighted by Gasteiger charge is -2.16. The molecule has 2 rings (SSSR count). The summed E-state index contributed by atoms with van der Waals surface area (Å²) in [5.41, 5.74) is 1.09. The van der Waals surface area contributed by atoms with Gasteiger partial charge in [0.15, 0.2) is 0 Å². The molecule has 106 valence electrons. The number of hydrogen-bond donors (Lipinski definition) is 1. The monoisotopic (exact) mass is 333 g/mol. The van der Waals surface area contributed by atoms with Crippen LogP contribution in [0.4, 0.5) is 0 Å². The molecule has 2 nitrogen and oxygen atoms in total. The first-order chi connectivity index (χ1) is 9.74. The maximum absolute atomic E-state index is 12.2. The lowest BCUT2D eigenvalue weighted by atomic mass is 10.0. The Labute approximate surface area is 128 Å². The van der Waals surface area contributed by atoms with Crippen molar-refractivity contribution in [3.8, 4) is 0 Å². The summed E-state index contributed by atoms with van der Waals surface area (Å²) >= 11 is 3.43. The number of amides is 1. The van der Waals surface area contributed by atoms with Crippen molar-refractivity contribution in [1.29, 1.82) is 0 Å². The highest BCUT2D eigenvalue weighted by atomic mass is 79.9. The van der Waals surface area contributed by atoms with E-state index in [2.05, 4.69) is 46.4 Å². The normalized spacial score (nSPS) is 12.3. The summed E-state index contributed by atoms with van der Waals surface area (Å²) in [7, 11) is 0. The quantitative estimate of drug-likeness (QED) is 0.793. The van der Waals surface area contributed by atoms with Crippen LogP contribution in [-0.4, -0.2) is 17.3 Å². The molecule has 0 radical (unpaired) electrons. The van der Waals surface area contributed by atoms with E-state index in [4.69, 9.17) is 0 Å². The van der Waals surface area contributed by atoms with Crippen LogP contribution in [-0.2, 0) is 11.2 Å². The molecule has 1 N–H and O–H groups in total. The minimum Gasteiger partial charge on any atom is -0.353 e. The van der Waals surface area contributed by atoms with E-state index in [1.807, 2.05) is 24.3 Å². The highest BCUT2D eigenvalue weighted by molar-refractivity contribution is 9.09. The van der Waals surface area contributed by atoms with Gasteiger partial charge in [-0.2, -0.15) is 0 Å². The number of carbonyl (C=O) groups is 1. The highest BCUT2D eigenvalue weighted by Gasteiger charge is 2.11. The molecule has 0 aliphatic rings. The van der Waals surface area contributed by atoms with Crippen molar-refractivity contribution in [2.24, 2.45) is 0 Å². The Hall–Kier alpha value is -1.35. The van der Waals surface area contributed by atoms with E-state index in [0.717, 1.165) is 23.7 Å². The molecule has 2 aromatic rings. The Balaban J connectivity index is 2.10. The van der Waals surface area contributed by atoms with Gasteiger partial charge in [0.2, 0.25) is 5.91 Å². The summed E-state index contributed by atoms with van der Waals surface area (Å²) in [5, 5.41) is 6.38. The number of carbonyl (C=O) groups excluding carboxylic acids is 1. The zero-order valence-corrected chi connectivity index (χ0v) is 13.3. The Bertz CT molecular complexity index is 577. The topological polar surface area (TPSA) is 29.1 Å². The van der Waals surface area contributed by atoms with E-state index in [1.165, 1.54) is 10.8 Å². The molecule has 1 atom stereocenters. The number of halogens is 1. The van der Waals surface area contributed by atoms with E-state index in [-0.39, 0.29) is 11.9 Å². The maximum Gasteiger partial charge on any atom is 0.224 e. The summed E-state index contributed by atoms with van der Waals surface area (Å²) in [6.45, 7) is 2.10. The average molecular weight is 334 g/mol. The van der Waals surface area contributed by atoms with Crippen molar-refractivity contribution in [2.45, 2.75) is 32.2 Å². The largest absolute Gasteiger partial charge is 0.353 e. The molecule has 0 fully saturated rings. The summed E-state index contributed by atoms with van der Waals surface area (Å²) in [4.78, 5) is 12.2. The van der Waals surface area contributed by atoms with Gasteiger partial charge in [0.1, 0.15) is 0 Å². The van der Waals surface area contributed by atoms with Gasteiger partial charge in [-0.15, -0.1) is 0 Å². The molecule has 3 heteroatoms. The van der Waals surface area contributed by atoms with Gasteiger partial charge < -0.3 is 5.32 Å². The van der Waals surface area contributed by atoms with Crippen molar-refractivity contribution in [2.75, 3.05) is 5.33 Å². The molecular weight excluding hydrogens is 314 g/mol. The molecule has 1 unspecified atom stereocenters. The van der Waals surface area contributed by atoms with E-state index >= 15 is 0 Å². The van der Waals surface area contributed by atoms with Gasteiger partial charge in [0, 0.05) is 11.4 Å². The lowest BCUT2D eigenvalue weighted by Crippen LogP contribution is -2.35. The molecule has 20 heavy (non-hydrogen) atoms. The van der Waals surface area contributed by atoms with E-state index in [9.17, 15) is 4.79 Å². The van der Waals surface area contributed by atoms with Gasteiger partial charge in [-0.1, -0.05) is 65.3 Å². The molecule has 0 saturated carbocycles. The highest BCUT2D eigenvalue weighted by Crippen LogP contribution is 2.19. The van der Waals surface area contributed by atoms with Crippen molar-refractivity contribution >= 4 is 32.6 Å². The predicted molar refractivity (Wildman–Crippen MR) is 88.3 cm³/mol. The first-order valence-corrected chi connectivity index (χ1v) is 8.18. The van der Waals surface area contributed by atoms with Gasteiger partial charge >= 0.3 is 0 Å². The molecule has 0 heterocycles. The third-order valence-electron chi connectivity index (χ3n) is 3.55. The second kappa shape index (κ2) is 7.44. The van der Waals surface area contributed by atoms with Crippen molar-refractivity contribution in [3.05, 3.63) is 48.0 Å². The molecule has 0 saturated heterocycles. The molecule has 0 spiro atoms. The Morgan fingerprint density at radius 3 is 2.70 bits per heavy atom. The summed E-state index contributed by atoms with van der Waals surface area (Å²) in [6.07, 6.45) is 2.38. The fraction of sp³-hybridized carbons (Fsp3) is 0.353. The molecule has 0 aromatic heterocycles.